The molecule has 0 spiro atoms. The Balaban J connectivity index is 0. The summed E-state index contributed by atoms with van der Waals surface area (Å²) in [7, 11) is 0. The van der Waals surface area contributed by atoms with Crippen molar-refractivity contribution in [2.45, 2.75) is 13.8 Å². The van der Waals surface area contributed by atoms with E-state index in [9.17, 15) is 0 Å². The van der Waals surface area contributed by atoms with E-state index < -0.39 is 0 Å². The normalized spacial score (nSPS) is 7.78. The number of rotatable bonds is 2. The van der Waals surface area contributed by atoms with Crippen molar-refractivity contribution in [1.29, 1.82) is 0 Å². The zero-order valence-electron chi connectivity index (χ0n) is 6.18. The van der Waals surface area contributed by atoms with Gasteiger partial charge in [0.2, 0.25) is 0 Å². The monoisotopic (exact) mass is 235 g/mol. The Labute approximate surface area is 113 Å². The van der Waals surface area contributed by atoms with Gasteiger partial charge in [0.25, 0.3) is 0 Å². The summed E-state index contributed by atoms with van der Waals surface area (Å²) in [5.41, 5.74) is 0. The Bertz CT molecular complexity index is 85.0. The molecule has 0 aromatic heterocycles. The van der Waals surface area contributed by atoms with Crippen LogP contribution in [0.15, 0.2) is 0 Å². The van der Waals surface area contributed by atoms with Gasteiger partial charge in [-0.15, -0.1) is 0 Å². The third kappa shape index (κ3) is 6.44. The van der Waals surface area contributed by atoms with Gasteiger partial charge in [-0.05, 0) is 0 Å². The van der Waals surface area contributed by atoms with Crippen LogP contribution < -0.4 is 51.4 Å². The quantitative estimate of drug-likeness (QED) is 0.393. The summed E-state index contributed by atoms with van der Waals surface area (Å²) >= 11 is 7.68. The molecule has 0 unspecified atom stereocenters. The molecular formula is C5H10KNSSe. The second kappa shape index (κ2) is 8.15. The molecule has 0 fully saturated rings. The van der Waals surface area contributed by atoms with Gasteiger partial charge in [-0.3, -0.25) is 0 Å². The first-order valence-electron chi connectivity index (χ1n) is 2.68. The molecule has 48 valence electrons. The summed E-state index contributed by atoms with van der Waals surface area (Å²) in [6.07, 6.45) is 0. The molecule has 0 radical (unpaired) electrons. The van der Waals surface area contributed by atoms with E-state index in [-0.39, 0.29) is 51.4 Å². The van der Waals surface area contributed by atoms with Crippen LogP contribution in [0.4, 0.5) is 0 Å². The second-order valence-corrected chi connectivity index (χ2v) is 3.22. The third-order valence-electron chi connectivity index (χ3n) is 1.02. The third-order valence-corrected chi connectivity index (χ3v) is 1.82. The van der Waals surface area contributed by atoms with Gasteiger partial charge >= 0.3 is 115 Å². The van der Waals surface area contributed by atoms with Crippen molar-refractivity contribution in [3.63, 3.8) is 0 Å². The Kier molecular flexibility index (Phi) is 12.3. The SMILES string of the molecule is CCN(CC)C(=S)[Se-].[K+]. The van der Waals surface area contributed by atoms with E-state index in [1.54, 1.807) is 0 Å². The van der Waals surface area contributed by atoms with Crippen molar-refractivity contribution in [3.8, 4) is 0 Å². The van der Waals surface area contributed by atoms with Crippen molar-refractivity contribution in [2.24, 2.45) is 0 Å². The minimum absolute atomic E-state index is 0. The molecule has 0 aliphatic heterocycles. The molecule has 0 saturated carbocycles. The summed E-state index contributed by atoms with van der Waals surface area (Å²) in [6.45, 7) is 6.19. The van der Waals surface area contributed by atoms with Gasteiger partial charge in [-0.2, -0.15) is 0 Å². The molecule has 0 heterocycles. The number of thiocarbonyl (C=S) groups is 1. The Morgan fingerprint density at radius 2 is 1.78 bits per heavy atom. The molecule has 0 aliphatic rings. The topological polar surface area (TPSA) is 3.24 Å². The predicted molar refractivity (Wildman–Crippen MR) is 41.3 cm³/mol. The van der Waals surface area contributed by atoms with Gasteiger partial charge in [0, 0.05) is 0 Å². The van der Waals surface area contributed by atoms with Crippen LogP contribution in [0.2, 0.25) is 0 Å². The van der Waals surface area contributed by atoms with E-state index in [0.29, 0.717) is 0 Å². The summed E-state index contributed by atoms with van der Waals surface area (Å²) in [4.78, 5) is 2.09. The molecule has 0 amide bonds. The largest absolute Gasteiger partial charge is 1.00 e. The molecular weight excluding hydrogens is 224 g/mol. The van der Waals surface area contributed by atoms with Crippen LogP contribution in [0.3, 0.4) is 0 Å². The maximum Gasteiger partial charge on any atom is 1.00 e. The standard InChI is InChI=1S/C5H11NSSe.K/c1-3-6(4-2)5(7)8;/h3-4H2,1-2H3,(H,7,8);/q;+1/p-1. The Morgan fingerprint density at radius 1 is 1.44 bits per heavy atom. The first-order valence-corrected chi connectivity index (χ1v) is 3.94. The fourth-order valence-electron chi connectivity index (χ4n) is 0.482. The number of hydrogen-bond donors (Lipinski definition) is 0. The van der Waals surface area contributed by atoms with Crippen LogP contribution in [0, 0.1) is 0 Å². The van der Waals surface area contributed by atoms with Crippen LogP contribution in [0.1, 0.15) is 13.8 Å². The van der Waals surface area contributed by atoms with Crippen molar-refractivity contribution >= 4 is 32.1 Å². The molecule has 0 bridgehead atoms. The van der Waals surface area contributed by atoms with Gasteiger partial charge in [0.05, 0.1) is 0 Å². The van der Waals surface area contributed by atoms with Crippen LogP contribution >= 0.6 is 12.2 Å². The molecule has 9 heavy (non-hydrogen) atoms. The second-order valence-electron chi connectivity index (χ2n) is 1.44. The zero-order chi connectivity index (χ0) is 6.57. The molecule has 0 N–H and O–H groups in total. The van der Waals surface area contributed by atoms with Crippen LogP contribution in [0.5, 0.6) is 0 Å². The molecule has 0 aromatic rings. The molecule has 0 saturated heterocycles. The summed E-state index contributed by atoms with van der Waals surface area (Å²) < 4.78 is 0.870. The van der Waals surface area contributed by atoms with Crippen molar-refractivity contribution < 1.29 is 51.4 Å². The van der Waals surface area contributed by atoms with Crippen LogP contribution in [-0.2, 0) is 0 Å². The maximum absolute atomic E-state index is 4.89. The fraction of sp³-hybridized carbons (Fsp3) is 0.800. The Morgan fingerprint density at radius 3 is 1.78 bits per heavy atom. The van der Waals surface area contributed by atoms with E-state index in [0.717, 1.165) is 17.0 Å². The first kappa shape index (κ1) is 13.6. The van der Waals surface area contributed by atoms with Crippen molar-refractivity contribution in [1.82, 2.24) is 4.90 Å². The van der Waals surface area contributed by atoms with E-state index in [1.165, 1.54) is 0 Å². The molecule has 1 nitrogen and oxygen atoms in total. The minimum Gasteiger partial charge on any atom is 1.00 e. The summed E-state index contributed by atoms with van der Waals surface area (Å²) in [6, 6.07) is 0. The van der Waals surface area contributed by atoms with E-state index in [2.05, 4.69) is 34.8 Å². The van der Waals surface area contributed by atoms with Gasteiger partial charge in [-0.25, -0.2) is 0 Å². The van der Waals surface area contributed by atoms with E-state index in [4.69, 9.17) is 12.2 Å². The van der Waals surface area contributed by atoms with E-state index in [1.807, 2.05) is 0 Å². The minimum atomic E-state index is 0. The van der Waals surface area contributed by atoms with Gasteiger partial charge in [0.1, 0.15) is 0 Å². The molecule has 0 aliphatic carbocycles. The van der Waals surface area contributed by atoms with Crippen molar-refractivity contribution in [3.05, 3.63) is 0 Å². The first-order chi connectivity index (χ1) is 3.72. The average molecular weight is 234 g/mol. The summed E-state index contributed by atoms with van der Waals surface area (Å²) in [5.74, 6) is 0. The molecule has 0 rings (SSSR count). The van der Waals surface area contributed by atoms with Gasteiger partial charge in [-0.1, -0.05) is 0 Å². The van der Waals surface area contributed by atoms with Gasteiger partial charge < -0.3 is 0 Å². The molecule has 4 heteroatoms. The Hall–Kier alpha value is 2.05. The fourth-order valence-corrected chi connectivity index (χ4v) is 1.28. The van der Waals surface area contributed by atoms with E-state index >= 15 is 0 Å². The number of hydrogen-bond acceptors (Lipinski definition) is 1. The zero-order valence-corrected chi connectivity index (χ0v) is 11.8. The average Bonchev–Trinajstić information content (AvgIpc) is 1.69. The summed E-state index contributed by atoms with van der Waals surface area (Å²) in [5, 5.41) is 0. The molecule has 0 atom stereocenters. The number of nitrogens with zero attached hydrogens (tertiary/aromatic N) is 1. The van der Waals surface area contributed by atoms with Crippen LogP contribution in [0.25, 0.3) is 0 Å². The predicted octanol–water partition coefficient (Wildman–Crippen LogP) is -2.21. The van der Waals surface area contributed by atoms with Gasteiger partial charge in [0.15, 0.2) is 0 Å². The van der Waals surface area contributed by atoms with Crippen molar-refractivity contribution in [2.75, 3.05) is 13.1 Å². The maximum atomic E-state index is 4.89. The molecule has 0 aromatic carbocycles. The van der Waals surface area contributed by atoms with Crippen LogP contribution in [-0.4, -0.2) is 37.9 Å². The smallest absolute Gasteiger partial charge is 1.00 e.